The molecule has 2 aromatic carbocycles. The van der Waals surface area contributed by atoms with Crippen LogP contribution in [-0.4, -0.2) is 26.4 Å². The van der Waals surface area contributed by atoms with Crippen LogP contribution in [0.15, 0.2) is 59.5 Å². The lowest BCUT2D eigenvalue weighted by Crippen LogP contribution is -2.50. The van der Waals surface area contributed by atoms with Gasteiger partial charge in [0.1, 0.15) is 16.8 Å². The Kier molecular flexibility index (Phi) is 6.88. The van der Waals surface area contributed by atoms with E-state index in [0.29, 0.717) is 6.42 Å². The van der Waals surface area contributed by atoms with Crippen LogP contribution in [0.2, 0.25) is 0 Å². The first kappa shape index (κ1) is 20.1. The van der Waals surface area contributed by atoms with E-state index < -0.39 is 32.7 Å². The zero-order valence-corrected chi connectivity index (χ0v) is 15.6. The zero-order valence-electron chi connectivity index (χ0n) is 14.8. The number of halogens is 1. The first-order valence-corrected chi connectivity index (χ1v) is 9.93. The molecule has 0 aliphatic rings. The molecule has 0 heterocycles. The molecular weight excluding hydrogens is 355 g/mol. The third kappa shape index (κ3) is 5.37. The fourth-order valence-corrected chi connectivity index (χ4v) is 3.67. The van der Waals surface area contributed by atoms with Crippen LogP contribution in [0.1, 0.15) is 25.8 Å². The number of sulfonamides is 1. The third-order valence-electron chi connectivity index (χ3n) is 4.02. The smallest absolute Gasteiger partial charge is 0.244 e. The molecule has 0 saturated heterocycles. The largest absolute Gasteiger partial charge is 0.352 e. The van der Waals surface area contributed by atoms with E-state index in [1.807, 2.05) is 32.0 Å². The summed E-state index contributed by atoms with van der Waals surface area (Å²) in [7, 11) is -4.18. The van der Waals surface area contributed by atoms with Crippen LogP contribution in [-0.2, 0) is 21.2 Å². The van der Waals surface area contributed by atoms with Gasteiger partial charge in [-0.1, -0.05) is 49.4 Å². The SMILES string of the molecule is CC[C@H](C)NC(=O)[C@H](Cc1ccccc1)NS(=O)(=O)c1ccccc1F. The number of amides is 1. The summed E-state index contributed by atoms with van der Waals surface area (Å²) in [6.45, 7) is 3.75. The highest BCUT2D eigenvalue weighted by Crippen LogP contribution is 2.15. The lowest BCUT2D eigenvalue weighted by molar-refractivity contribution is -0.123. The molecule has 1 amide bonds. The Morgan fingerprint density at radius 3 is 2.31 bits per heavy atom. The van der Waals surface area contributed by atoms with Crippen LogP contribution >= 0.6 is 0 Å². The van der Waals surface area contributed by atoms with Crippen LogP contribution in [0.25, 0.3) is 0 Å². The van der Waals surface area contributed by atoms with Gasteiger partial charge in [0.05, 0.1) is 0 Å². The molecule has 26 heavy (non-hydrogen) atoms. The molecule has 0 saturated carbocycles. The minimum atomic E-state index is -4.18. The van der Waals surface area contributed by atoms with E-state index in [1.165, 1.54) is 18.2 Å². The molecule has 0 bridgehead atoms. The highest BCUT2D eigenvalue weighted by atomic mass is 32.2. The molecule has 0 aliphatic heterocycles. The van der Waals surface area contributed by atoms with Crippen molar-refractivity contribution in [3.05, 3.63) is 66.0 Å². The van der Waals surface area contributed by atoms with Gasteiger partial charge in [0.15, 0.2) is 0 Å². The second kappa shape index (κ2) is 8.91. The lowest BCUT2D eigenvalue weighted by Gasteiger charge is -2.21. The second-order valence-electron chi connectivity index (χ2n) is 6.11. The van der Waals surface area contributed by atoms with Crippen molar-refractivity contribution in [3.8, 4) is 0 Å². The maximum atomic E-state index is 13.9. The van der Waals surface area contributed by atoms with Crippen molar-refractivity contribution >= 4 is 15.9 Å². The second-order valence-corrected chi connectivity index (χ2v) is 7.79. The number of carbonyl (C=O) groups excluding carboxylic acids is 1. The highest BCUT2D eigenvalue weighted by Gasteiger charge is 2.28. The Morgan fingerprint density at radius 1 is 1.08 bits per heavy atom. The third-order valence-corrected chi connectivity index (χ3v) is 5.53. The number of benzene rings is 2. The van der Waals surface area contributed by atoms with Crippen LogP contribution in [0.5, 0.6) is 0 Å². The quantitative estimate of drug-likeness (QED) is 0.741. The number of carbonyl (C=O) groups is 1. The van der Waals surface area contributed by atoms with Crippen molar-refractivity contribution in [1.29, 1.82) is 0 Å². The Labute approximate surface area is 153 Å². The Hall–Kier alpha value is -2.25. The van der Waals surface area contributed by atoms with E-state index in [-0.39, 0.29) is 12.5 Å². The van der Waals surface area contributed by atoms with Crippen molar-refractivity contribution in [2.75, 3.05) is 0 Å². The van der Waals surface area contributed by atoms with Crippen molar-refractivity contribution < 1.29 is 17.6 Å². The molecule has 0 radical (unpaired) electrons. The monoisotopic (exact) mass is 378 g/mol. The van der Waals surface area contributed by atoms with E-state index in [0.717, 1.165) is 11.6 Å². The van der Waals surface area contributed by atoms with Gasteiger partial charge in [-0.3, -0.25) is 4.79 Å². The first-order valence-electron chi connectivity index (χ1n) is 8.44. The summed E-state index contributed by atoms with van der Waals surface area (Å²) in [5.41, 5.74) is 0.799. The Balaban J connectivity index is 2.28. The molecule has 5 nitrogen and oxygen atoms in total. The van der Waals surface area contributed by atoms with E-state index in [2.05, 4.69) is 10.0 Å². The van der Waals surface area contributed by atoms with Gasteiger partial charge in [-0.25, -0.2) is 12.8 Å². The highest BCUT2D eigenvalue weighted by molar-refractivity contribution is 7.89. The number of rotatable bonds is 8. The summed E-state index contributed by atoms with van der Waals surface area (Å²) in [5.74, 6) is -1.30. The molecule has 2 aromatic rings. The van der Waals surface area contributed by atoms with Gasteiger partial charge >= 0.3 is 0 Å². The topological polar surface area (TPSA) is 75.3 Å². The molecule has 0 aliphatic carbocycles. The molecule has 140 valence electrons. The van der Waals surface area contributed by atoms with Crippen molar-refractivity contribution in [1.82, 2.24) is 10.0 Å². The molecule has 0 fully saturated rings. The number of nitrogens with one attached hydrogen (secondary N) is 2. The normalized spacial score (nSPS) is 13.8. The molecule has 0 aromatic heterocycles. The molecule has 0 unspecified atom stereocenters. The van der Waals surface area contributed by atoms with Gasteiger partial charge in [-0.15, -0.1) is 0 Å². The van der Waals surface area contributed by atoms with Gasteiger partial charge < -0.3 is 5.32 Å². The van der Waals surface area contributed by atoms with E-state index in [1.54, 1.807) is 12.1 Å². The molecule has 2 rings (SSSR count). The van der Waals surface area contributed by atoms with Crippen LogP contribution in [0, 0.1) is 5.82 Å². The average molecular weight is 378 g/mol. The molecule has 7 heteroatoms. The number of hydrogen-bond acceptors (Lipinski definition) is 3. The molecular formula is C19H23FN2O3S. The van der Waals surface area contributed by atoms with Crippen LogP contribution in [0.4, 0.5) is 4.39 Å². The lowest BCUT2D eigenvalue weighted by atomic mass is 10.1. The van der Waals surface area contributed by atoms with Crippen molar-refractivity contribution in [2.45, 2.75) is 43.7 Å². The van der Waals surface area contributed by atoms with E-state index >= 15 is 0 Å². The molecule has 2 N–H and O–H groups in total. The summed E-state index contributed by atoms with van der Waals surface area (Å²) >= 11 is 0. The first-order chi connectivity index (χ1) is 12.3. The summed E-state index contributed by atoms with van der Waals surface area (Å²) in [6, 6.07) is 13.0. The average Bonchev–Trinajstić information content (AvgIpc) is 2.62. The minimum Gasteiger partial charge on any atom is -0.352 e. The summed E-state index contributed by atoms with van der Waals surface area (Å²) in [5, 5.41) is 2.78. The fraction of sp³-hybridized carbons (Fsp3) is 0.316. The van der Waals surface area contributed by atoms with Gasteiger partial charge in [-0.05, 0) is 37.5 Å². The standard InChI is InChI=1S/C19H23FN2O3S/c1-3-14(2)21-19(23)17(13-15-9-5-4-6-10-15)22-26(24,25)18-12-8-7-11-16(18)20/h4-12,14,17,22H,3,13H2,1-2H3,(H,21,23)/t14-,17-/m0/s1. The Morgan fingerprint density at radius 2 is 1.69 bits per heavy atom. The number of hydrogen-bond donors (Lipinski definition) is 2. The molecule has 2 atom stereocenters. The van der Waals surface area contributed by atoms with Crippen molar-refractivity contribution in [3.63, 3.8) is 0 Å². The fourth-order valence-electron chi connectivity index (χ4n) is 2.40. The van der Waals surface area contributed by atoms with Gasteiger partial charge in [-0.2, -0.15) is 4.72 Å². The predicted octanol–water partition coefficient (Wildman–Crippen LogP) is 2.63. The predicted molar refractivity (Wildman–Crippen MR) is 98.6 cm³/mol. The zero-order chi connectivity index (χ0) is 19.2. The van der Waals surface area contributed by atoms with Crippen LogP contribution in [0.3, 0.4) is 0 Å². The van der Waals surface area contributed by atoms with E-state index in [4.69, 9.17) is 0 Å². The summed E-state index contributed by atoms with van der Waals surface area (Å²) in [4.78, 5) is 12.1. The summed E-state index contributed by atoms with van der Waals surface area (Å²) < 4.78 is 41.4. The van der Waals surface area contributed by atoms with Gasteiger partial charge in [0.2, 0.25) is 15.9 Å². The van der Waals surface area contributed by atoms with Gasteiger partial charge in [0, 0.05) is 6.04 Å². The summed E-state index contributed by atoms with van der Waals surface area (Å²) in [6.07, 6.45) is 0.876. The Bertz CT molecular complexity index is 841. The molecule has 0 spiro atoms. The van der Waals surface area contributed by atoms with E-state index in [9.17, 15) is 17.6 Å². The maximum absolute atomic E-state index is 13.9. The minimum absolute atomic E-state index is 0.0984. The van der Waals surface area contributed by atoms with Crippen LogP contribution < -0.4 is 10.0 Å². The van der Waals surface area contributed by atoms with Gasteiger partial charge in [0.25, 0.3) is 0 Å². The maximum Gasteiger partial charge on any atom is 0.244 e. The van der Waals surface area contributed by atoms with Crippen molar-refractivity contribution in [2.24, 2.45) is 0 Å².